The van der Waals surface area contributed by atoms with E-state index in [2.05, 4.69) is 4.74 Å². The fraction of sp³-hybridized carbons (Fsp3) is 0.800. The fourth-order valence-electron chi connectivity index (χ4n) is 0.972. The van der Waals surface area contributed by atoms with Gasteiger partial charge in [-0.1, -0.05) is 0 Å². The molecular formula is C10H21NO9. The quantitative estimate of drug-likeness (QED) is 0.148. The highest BCUT2D eigenvalue weighted by Crippen LogP contribution is 1.84. The number of hydrogen-bond acceptors (Lipinski definition) is 9. The second kappa shape index (κ2) is 14.1. The molecule has 0 aromatic rings. The smallest absolute Gasteiger partial charge is 0.417 e. The number of aliphatic hydroxyl groups is 5. The largest absolute Gasteiger partial charge is 0.473 e. The number of ether oxygens (including phenoxy) is 1. The van der Waals surface area contributed by atoms with Crippen molar-refractivity contribution in [1.29, 1.82) is 0 Å². The zero-order valence-electron chi connectivity index (χ0n) is 10.9. The summed E-state index contributed by atoms with van der Waals surface area (Å²) in [6.07, 6.45) is -1.83. The first-order valence-electron chi connectivity index (χ1n) is 5.70. The number of carboxylic acid groups (broad SMARTS) is 1. The Labute approximate surface area is 115 Å². The first-order valence-corrected chi connectivity index (χ1v) is 5.70. The number of nitrogens with zero attached hydrogens (tertiary/aromatic N) is 1. The molecule has 0 amide bonds. The molecule has 10 heteroatoms. The number of carbonyl (C=O) groups excluding carboxylic acids is 1. The van der Waals surface area contributed by atoms with Crippen molar-refractivity contribution in [3.05, 3.63) is 0 Å². The minimum atomic E-state index is -1.83. The van der Waals surface area contributed by atoms with Crippen LogP contribution in [0.4, 0.5) is 0 Å². The maximum absolute atomic E-state index is 10.0. The highest BCUT2D eigenvalue weighted by atomic mass is 16.6. The van der Waals surface area contributed by atoms with Gasteiger partial charge < -0.3 is 35.4 Å². The molecule has 0 rings (SSSR count). The summed E-state index contributed by atoms with van der Waals surface area (Å²) < 4.78 is 3.83. The summed E-state index contributed by atoms with van der Waals surface area (Å²) >= 11 is 0. The van der Waals surface area contributed by atoms with Crippen molar-refractivity contribution in [3.63, 3.8) is 0 Å². The molecular weight excluding hydrogens is 278 g/mol. The molecule has 20 heavy (non-hydrogen) atoms. The zero-order valence-corrected chi connectivity index (χ0v) is 10.9. The van der Waals surface area contributed by atoms with Crippen LogP contribution in [0.15, 0.2) is 0 Å². The number of hydrogen-bond donors (Lipinski definition) is 6. The average Bonchev–Trinajstić information content (AvgIpc) is 2.37. The Morgan fingerprint density at radius 3 is 1.60 bits per heavy atom. The standard InChI is InChI=1S/C6H15NO3.C4H6O6/c8-4-1-7(2-5-9)3-6-10;5-2(6)1-10-4(9)3(7)8/h8-10H,1-6H2;2,5-6H,1H2,(H,7,8). The van der Waals surface area contributed by atoms with E-state index < -0.39 is 24.8 Å². The number of aliphatic carboxylic acids is 1. The molecule has 120 valence electrons. The maximum atomic E-state index is 10.0. The van der Waals surface area contributed by atoms with Gasteiger partial charge in [0.2, 0.25) is 0 Å². The third-order valence-electron chi connectivity index (χ3n) is 1.79. The summed E-state index contributed by atoms with van der Waals surface area (Å²) in [4.78, 5) is 21.5. The molecule has 10 nitrogen and oxygen atoms in total. The Morgan fingerprint density at radius 1 is 0.950 bits per heavy atom. The number of carboxylic acids is 1. The van der Waals surface area contributed by atoms with Crippen LogP contribution in [0.25, 0.3) is 0 Å². The van der Waals surface area contributed by atoms with E-state index in [0.29, 0.717) is 19.6 Å². The fourth-order valence-corrected chi connectivity index (χ4v) is 0.972. The van der Waals surface area contributed by atoms with E-state index in [9.17, 15) is 9.59 Å². The van der Waals surface area contributed by atoms with Crippen LogP contribution in [-0.4, -0.2) is 99.8 Å². The van der Waals surface area contributed by atoms with E-state index in [1.54, 1.807) is 4.90 Å². The number of aliphatic hydroxyl groups excluding tert-OH is 4. The molecule has 0 heterocycles. The minimum Gasteiger partial charge on any atom is -0.473 e. The molecule has 0 bridgehead atoms. The van der Waals surface area contributed by atoms with Crippen LogP contribution in [0, 0.1) is 0 Å². The lowest BCUT2D eigenvalue weighted by molar-refractivity contribution is -0.171. The Bertz CT molecular complexity index is 245. The van der Waals surface area contributed by atoms with Crippen LogP contribution >= 0.6 is 0 Å². The van der Waals surface area contributed by atoms with Crippen LogP contribution in [-0.2, 0) is 14.3 Å². The van der Waals surface area contributed by atoms with Crippen molar-refractivity contribution >= 4 is 11.9 Å². The minimum absolute atomic E-state index is 0.0694. The van der Waals surface area contributed by atoms with Crippen molar-refractivity contribution in [2.75, 3.05) is 46.1 Å². The SMILES string of the molecule is O=C(O)C(=O)OCC(O)O.OCCN(CCO)CCO. The summed E-state index contributed by atoms with van der Waals surface area (Å²) in [6.45, 7) is 1.02. The van der Waals surface area contributed by atoms with Gasteiger partial charge in [0.15, 0.2) is 6.29 Å². The van der Waals surface area contributed by atoms with Crippen LogP contribution in [0.2, 0.25) is 0 Å². The van der Waals surface area contributed by atoms with E-state index in [0.717, 1.165) is 0 Å². The van der Waals surface area contributed by atoms with Gasteiger partial charge in [-0.25, -0.2) is 9.59 Å². The van der Waals surface area contributed by atoms with Crippen molar-refractivity contribution in [1.82, 2.24) is 4.90 Å². The Hall–Kier alpha value is -1.30. The van der Waals surface area contributed by atoms with E-state index >= 15 is 0 Å². The zero-order chi connectivity index (χ0) is 16.0. The van der Waals surface area contributed by atoms with Crippen LogP contribution < -0.4 is 0 Å². The number of rotatable bonds is 8. The normalized spacial score (nSPS) is 10.2. The Kier molecular flexibility index (Phi) is 14.8. The molecule has 0 aliphatic rings. The highest BCUT2D eigenvalue weighted by Gasteiger charge is 2.13. The molecule has 0 saturated heterocycles. The van der Waals surface area contributed by atoms with E-state index in [1.165, 1.54) is 0 Å². The highest BCUT2D eigenvalue weighted by molar-refractivity contribution is 6.28. The molecule has 0 saturated carbocycles. The molecule has 0 radical (unpaired) electrons. The van der Waals surface area contributed by atoms with Crippen molar-refractivity contribution in [3.8, 4) is 0 Å². The third kappa shape index (κ3) is 14.8. The Balaban J connectivity index is 0. The molecule has 0 aliphatic carbocycles. The molecule has 0 unspecified atom stereocenters. The predicted octanol–water partition coefficient (Wildman–Crippen LogP) is -3.81. The number of carbonyl (C=O) groups is 2. The molecule has 6 N–H and O–H groups in total. The summed E-state index contributed by atoms with van der Waals surface area (Å²) in [7, 11) is 0. The summed E-state index contributed by atoms with van der Waals surface area (Å²) in [5, 5.41) is 49.4. The lowest BCUT2D eigenvalue weighted by atomic mass is 10.4. The second-order valence-electron chi connectivity index (χ2n) is 3.40. The molecule has 0 aromatic heterocycles. The van der Waals surface area contributed by atoms with E-state index in [4.69, 9.17) is 30.6 Å². The van der Waals surface area contributed by atoms with E-state index in [1.807, 2.05) is 0 Å². The lowest BCUT2D eigenvalue weighted by Crippen LogP contribution is -2.32. The second-order valence-corrected chi connectivity index (χ2v) is 3.40. The van der Waals surface area contributed by atoms with Crippen molar-refractivity contribution in [2.45, 2.75) is 6.29 Å². The van der Waals surface area contributed by atoms with Gasteiger partial charge in [-0.15, -0.1) is 0 Å². The summed E-state index contributed by atoms with van der Waals surface area (Å²) in [5.41, 5.74) is 0. The van der Waals surface area contributed by atoms with Gasteiger partial charge in [-0.2, -0.15) is 0 Å². The first-order chi connectivity index (χ1) is 9.38. The van der Waals surface area contributed by atoms with Crippen molar-refractivity contribution < 1.29 is 45.0 Å². The van der Waals surface area contributed by atoms with E-state index in [-0.39, 0.29) is 19.8 Å². The van der Waals surface area contributed by atoms with Gasteiger partial charge in [0.05, 0.1) is 19.8 Å². The Morgan fingerprint density at radius 2 is 1.35 bits per heavy atom. The summed E-state index contributed by atoms with van der Waals surface area (Å²) in [5.74, 6) is -3.27. The van der Waals surface area contributed by atoms with Crippen LogP contribution in [0.5, 0.6) is 0 Å². The van der Waals surface area contributed by atoms with Crippen LogP contribution in [0.3, 0.4) is 0 Å². The van der Waals surface area contributed by atoms with Crippen LogP contribution in [0.1, 0.15) is 0 Å². The number of esters is 1. The van der Waals surface area contributed by atoms with Gasteiger partial charge in [0.1, 0.15) is 6.61 Å². The van der Waals surface area contributed by atoms with Gasteiger partial charge in [-0.3, -0.25) is 4.90 Å². The van der Waals surface area contributed by atoms with Gasteiger partial charge in [0, 0.05) is 19.6 Å². The molecule has 0 fully saturated rings. The van der Waals surface area contributed by atoms with Gasteiger partial charge in [-0.05, 0) is 0 Å². The monoisotopic (exact) mass is 299 g/mol. The first kappa shape index (κ1) is 21.0. The van der Waals surface area contributed by atoms with Gasteiger partial charge in [0.25, 0.3) is 0 Å². The molecule has 0 aromatic carbocycles. The topological polar surface area (TPSA) is 168 Å². The molecule has 0 aliphatic heterocycles. The average molecular weight is 299 g/mol. The maximum Gasteiger partial charge on any atom is 0.417 e. The lowest BCUT2D eigenvalue weighted by Gasteiger charge is -2.17. The van der Waals surface area contributed by atoms with Crippen molar-refractivity contribution in [2.24, 2.45) is 0 Å². The molecule has 0 spiro atoms. The molecule has 0 atom stereocenters. The predicted molar refractivity (Wildman–Crippen MR) is 64.5 cm³/mol. The summed E-state index contributed by atoms with van der Waals surface area (Å²) in [6, 6.07) is 0. The third-order valence-corrected chi connectivity index (χ3v) is 1.79. The van der Waals surface area contributed by atoms with Gasteiger partial charge >= 0.3 is 11.9 Å².